The molecule has 0 saturated carbocycles. The van der Waals surface area contributed by atoms with E-state index in [1.807, 2.05) is 30.3 Å². The van der Waals surface area contributed by atoms with Gasteiger partial charge in [-0.25, -0.2) is 13.1 Å². The SMILES string of the molecule is C=CC(Cc1ccccc1)NS(C)(=O)=O. The molecule has 0 saturated heterocycles. The van der Waals surface area contributed by atoms with Crippen molar-refractivity contribution >= 4 is 10.0 Å². The van der Waals surface area contributed by atoms with Gasteiger partial charge < -0.3 is 0 Å². The maximum absolute atomic E-state index is 11.0. The number of benzene rings is 1. The van der Waals surface area contributed by atoms with Crippen molar-refractivity contribution in [1.29, 1.82) is 0 Å². The molecular weight excluding hydrogens is 210 g/mol. The Morgan fingerprint density at radius 2 is 2.00 bits per heavy atom. The topological polar surface area (TPSA) is 46.2 Å². The molecule has 82 valence electrons. The zero-order valence-corrected chi connectivity index (χ0v) is 9.50. The van der Waals surface area contributed by atoms with Crippen LogP contribution < -0.4 is 4.72 Å². The summed E-state index contributed by atoms with van der Waals surface area (Å²) in [6.45, 7) is 3.61. The van der Waals surface area contributed by atoms with Crippen LogP contribution in [0.2, 0.25) is 0 Å². The average molecular weight is 225 g/mol. The van der Waals surface area contributed by atoms with Gasteiger partial charge in [0, 0.05) is 6.04 Å². The van der Waals surface area contributed by atoms with Crippen LogP contribution in [0.3, 0.4) is 0 Å². The third-order valence-corrected chi connectivity index (χ3v) is 2.68. The predicted molar refractivity (Wildman–Crippen MR) is 62.1 cm³/mol. The first-order valence-corrected chi connectivity index (χ1v) is 6.54. The number of hydrogen-bond acceptors (Lipinski definition) is 2. The molecule has 4 heteroatoms. The van der Waals surface area contributed by atoms with Gasteiger partial charge in [0.2, 0.25) is 10.0 Å². The van der Waals surface area contributed by atoms with Crippen molar-refractivity contribution < 1.29 is 8.42 Å². The molecule has 0 aliphatic heterocycles. The lowest BCUT2D eigenvalue weighted by molar-refractivity contribution is 0.576. The van der Waals surface area contributed by atoms with Crippen LogP contribution in [-0.2, 0) is 16.4 Å². The zero-order chi connectivity index (χ0) is 11.3. The Bertz CT molecular complexity index is 411. The van der Waals surface area contributed by atoms with E-state index in [-0.39, 0.29) is 6.04 Å². The van der Waals surface area contributed by atoms with E-state index < -0.39 is 10.0 Å². The van der Waals surface area contributed by atoms with E-state index in [1.54, 1.807) is 6.08 Å². The predicted octanol–water partition coefficient (Wildman–Crippen LogP) is 1.33. The first-order valence-electron chi connectivity index (χ1n) is 4.65. The molecule has 0 aliphatic rings. The van der Waals surface area contributed by atoms with Gasteiger partial charge in [-0.05, 0) is 12.0 Å². The highest BCUT2D eigenvalue weighted by molar-refractivity contribution is 7.88. The largest absolute Gasteiger partial charge is 0.213 e. The summed E-state index contributed by atoms with van der Waals surface area (Å²) in [5.74, 6) is 0. The Morgan fingerprint density at radius 1 is 1.40 bits per heavy atom. The van der Waals surface area contributed by atoms with Gasteiger partial charge in [-0.3, -0.25) is 0 Å². The summed E-state index contributed by atoms with van der Waals surface area (Å²) in [6.07, 6.45) is 3.37. The summed E-state index contributed by atoms with van der Waals surface area (Å²) in [5.41, 5.74) is 1.08. The average Bonchev–Trinajstić information content (AvgIpc) is 2.16. The Balaban J connectivity index is 2.67. The van der Waals surface area contributed by atoms with E-state index in [9.17, 15) is 8.42 Å². The summed E-state index contributed by atoms with van der Waals surface area (Å²) in [6, 6.07) is 9.45. The van der Waals surface area contributed by atoms with Crippen molar-refractivity contribution in [2.45, 2.75) is 12.5 Å². The molecule has 1 N–H and O–H groups in total. The first-order chi connectivity index (χ1) is 7.01. The molecule has 0 heterocycles. The molecular formula is C11H15NO2S. The van der Waals surface area contributed by atoms with E-state index in [0.717, 1.165) is 11.8 Å². The van der Waals surface area contributed by atoms with Crippen molar-refractivity contribution in [2.75, 3.05) is 6.26 Å². The second-order valence-corrected chi connectivity index (χ2v) is 5.20. The zero-order valence-electron chi connectivity index (χ0n) is 8.68. The van der Waals surface area contributed by atoms with E-state index in [2.05, 4.69) is 11.3 Å². The summed E-state index contributed by atoms with van der Waals surface area (Å²) >= 11 is 0. The molecule has 3 nitrogen and oxygen atoms in total. The molecule has 0 radical (unpaired) electrons. The lowest BCUT2D eigenvalue weighted by atomic mass is 10.1. The van der Waals surface area contributed by atoms with E-state index in [1.165, 1.54) is 0 Å². The molecule has 0 aromatic heterocycles. The van der Waals surface area contributed by atoms with E-state index in [0.29, 0.717) is 6.42 Å². The minimum Gasteiger partial charge on any atom is -0.213 e. The van der Waals surface area contributed by atoms with E-state index >= 15 is 0 Å². The Hall–Kier alpha value is -1.13. The van der Waals surface area contributed by atoms with Crippen molar-refractivity contribution in [2.24, 2.45) is 0 Å². The lowest BCUT2D eigenvalue weighted by Crippen LogP contribution is -2.33. The van der Waals surface area contributed by atoms with Crippen molar-refractivity contribution in [3.05, 3.63) is 48.6 Å². The maximum atomic E-state index is 11.0. The number of rotatable bonds is 5. The second-order valence-electron chi connectivity index (χ2n) is 3.42. The Morgan fingerprint density at radius 3 is 2.47 bits per heavy atom. The highest BCUT2D eigenvalue weighted by Crippen LogP contribution is 2.04. The van der Waals surface area contributed by atoms with Crippen LogP contribution in [0.5, 0.6) is 0 Å². The third-order valence-electron chi connectivity index (χ3n) is 1.95. The van der Waals surface area contributed by atoms with Crippen LogP contribution in [0.1, 0.15) is 5.56 Å². The summed E-state index contributed by atoms with van der Waals surface area (Å²) in [4.78, 5) is 0. The van der Waals surface area contributed by atoms with Gasteiger partial charge in [0.15, 0.2) is 0 Å². The van der Waals surface area contributed by atoms with Gasteiger partial charge in [0.25, 0.3) is 0 Å². The fourth-order valence-corrected chi connectivity index (χ4v) is 2.05. The number of hydrogen-bond donors (Lipinski definition) is 1. The minimum atomic E-state index is -3.18. The molecule has 0 aliphatic carbocycles. The molecule has 1 unspecified atom stereocenters. The molecule has 15 heavy (non-hydrogen) atoms. The Labute approximate surface area is 90.9 Å². The van der Waals surface area contributed by atoms with Gasteiger partial charge in [-0.15, -0.1) is 6.58 Å². The molecule has 1 atom stereocenters. The summed E-state index contributed by atoms with van der Waals surface area (Å²) in [7, 11) is -3.18. The highest BCUT2D eigenvalue weighted by Gasteiger charge is 2.10. The number of nitrogens with one attached hydrogen (secondary N) is 1. The molecule has 0 fully saturated rings. The van der Waals surface area contributed by atoms with Crippen molar-refractivity contribution in [3.8, 4) is 0 Å². The molecule has 0 amide bonds. The van der Waals surface area contributed by atoms with Crippen LogP contribution in [0, 0.1) is 0 Å². The normalized spacial score (nSPS) is 13.4. The summed E-state index contributed by atoms with van der Waals surface area (Å²) in [5, 5.41) is 0. The quantitative estimate of drug-likeness (QED) is 0.768. The van der Waals surface area contributed by atoms with Crippen molar-refractivity contribution in [1.82, 2.24) is 4.72 Å². The van der Waals surface area contributed by atoms with Gasteiger partial charge in [0.1, 0.15) is 0 Å². The van der Waals surface area contributed by atoms with Crippen LogP contribution in [0.15, 0.2) is 43.0 Å². The van der Waals surface area contributed by atoms with Crippen LogP contribution in [0.4, 0.5) is 0 Å². The van der Waals surface area contributed by atoms with Gasteiger partial charge in [0.05, 0.1) is 6.26 Å². The molecule has 0 bridgehead atoms. The van der Waals surface area contributed by atoms with Gasteiger partial charge >= 0.3 is 0 Å². The van der Waals surface area contributed by atoms with Gasteiger partial charge in [-0.1, -0.05) is 36.4 Å². The van der Waals surface area contributed by atoms with E-state index in [4.69, 9.17) is 0 Å². The maximum Gasteiger partial charge on any atom is 0.209 e. The molecule has 0 spiro atoms. The smallest absolute Gasteiger partial charge is 0.209 e. The van der Waals surface area contributed by atoms with Crippen LogP contribution in [0.25, 0.3) is 0 Å². The summed E-state index contributed by atoms with van der Waals surface area (Å²) < 4.78 is 24.6. The third kappa shape index (κ3) is 4.76. The second kappa shape index (κ2) is 5.09. The first kappa shape index (κ1) is 11.9. The highest BCUT2D eigenvalue weighted by atomic mass is 32.2. The molecule has 1 aromatic rings. The molecule has 1 aromatic carbocycles. The Kier molecular flexibility index (Phi) is 4.05. The van der Waals surface area contributed by atoms with Crippen LogP contribution in [-0.4, -0.2) is 20.7 Å². The fourth-order valence-electron chi connectivity index (χ4n) is 1.32. The van der Waals surface area contributed by atoms with Crippen LogP contribution >= 0.6 is 0 Å². The molecule has 1 rings (SSSR count). The monoisotopic (exact) mass is 225 g/mol. The minimum absolute atomic E-state index is 0.248. The fraction of sp³-hybridized carbons (Fsp3) is 0.273. The number of sulfonamides is 1. The standard InChI is InChI=1S/C11H15NO2S/c1-3-11(12-15(2,13)14)9-10-7-5-4-6-8-10/h3-8,11-12H,1,9H2,2H3. The van der Waals surface area contributed by atoms with Crippen molar-refractivity contribution in [3.63, 3.8) is 0 Å². The van der Waals surface area contributed by atoms with Gasteiger partial charge in [-0.2, -0.15) is 0 Å². The lowest BCUT2D eigenvalue weighted by Gasteiger charge is -2.12.